The first-order chi connectivity index (χ1) is 5.95. The number of rotatable bonds is 7. The van der Waals surface area contributed by atoms with Crippen LogP contribution >= 0.6 is 0 Å². The summed E-state index contributed by atoms with van der Waals surface area (Å²) in [7, 11) is 2.15. The standard InChI is InChI=1S/C11H24N2/c1-5-6-7-9-13(4)10-8-11(2,3)12/h5H,1,6-10,12H2,2-4H3. The molecule has 0 aliphatic carbocycles. The Morgan fingerprint density at radius 1 is 1.38 bits per heavy atom. The molecule has 2 N–H and O–H groups in total. The SMILES string of the molecule is C=CCCCN(C)CCC(C)(C)N. The molecule has 0 rings (SSSR count). The minimum atomic E-state index is -0.0350. The summed E-state index contributed by atoms with van der Waals surface area (Å²) in [5.74, 6) is 0. The minimum Gasteiger partial charge on any atom is -0.326 e. The van der Waals surface area contributed by atoms with Crippen molar-refractivity contribution in [3.8, 4) is 0 Å². The Kier molecular flexibility index (Phi) is 6.00. The van der Waals surface area contributed by atoms with Crippen molar-refractivity contribution in [3.05, 3.63) is 12.7 Å². The molecule has 0 aromatic heterocycles. The molecule has 0 atom stereocenters. The van der Waals surface area contributed by atoms with Crippen LogP contribution < -0.4 is 5.73 Å². The molecule has 0 saturated heterocycles. The summed E-state index contributed by atoms with van der Waals surface area (Å²) in [6, 6.07) is 0. The molecule has 2 nitrogen and oxygen atoms in total. The molecule has 0 aliphatic heterocycles. The van der Waals surface area contributed by atoms with Gasteiger partial charge in [-0.3, -0.25) is 0 Å². The molecule has 0 spiro atoms. The van der Waals surface area contributed by atoms with E-state index in [0.717, 1.165) is 25.9 Å². The molecule has 0 amide bonds. The van der Waals surface area contributed by atoms with E-state index in [1.165, 1.54) is 6.42 Å². The summed E-state index contributed by atoms with van der Waals surface area (Å²) in [6.07, 6.45) is 5.33. The second kappa shape index (κ2) is 6.17. The van der Waals surface area contributed by atoms with E-state index in [0.29, 0.717) is 0 Å². The molecule has 0 aromatic rings. The van der Waals surface area contributed by atoms with Crippen LogP contribution in [0.2, 0.25) is 0 Å². The summed E-state index contributed by atoms with van der Waals surface area (Å²) in [5.41, 5.74) is 5.86. The molecular formula is C11H24N2. The lowest BCUT2D eigenvalue weighted by Crippen LogP contribution is -2.36. The van der Waals surface area contributed by atoms with E-state index in [1.807, 2.05) is 6.08 Å². The molecule has 2 heteroatoms. The molecule has 0 radical (unpaired) electrons. The van der Waals surface area contributed by atoms with Crippen LogP contribution in [0, 0.1) is 0 Å². The molecule has 0 unspecified atom stereocenters. The maximum Gasteiger partial charge on any atom is 0.0109 e. The van der Waals surface area contributed by atoms with Crippen molar-refractivity contribution in [3.63, 3.8) is 0 Å². The lowest BCUT2D eigenvalue weighted by Gasteiger charge is -2.23. The fourth-order valence-electron chi connectivity index (χ4n) is 1.10. The second-order valence-corrected chi connectivity index (χ2v) is 4.47. The molecule has 13 heavy (non-hydrogen) atoms. The molecule has 0 aromatic carbocycles. The fourth-order valence-corrected chi connectivity index (χ4v) is 1.10. The van der Waals surface area contributed by atoms with Gasteiger partial charge in [-0.1, -0.05) is 6.08 Å². The number of nitrogens with two attached hydrogens (primary N) is 1. The van der Waals surface area contributed by atoms with Crippen molar-refractivity contribution in [2.75, 3.05) is 20.1 Å². The highest BCUT2D eigenvalue weighted by Gasteiger charge is 2.10. The Morgan fingerprint density at radius 3 is 2.46 bits per heavy atom. The van der Waals surface area contributed by atoms with Crippen LogP contribution in [0.4, 0.5) is 0 Å². The highest BCUT2D eigenvalue weighted by atomic mass is 15.1. The van der Waals surface area contributed by atoms with E-state index in [2.05, 4.69) is 32.4 Å². The van der Waals surface area contributed by atoms with Crippen LogP contribution in [0.3, 0.4) is 0 Å². The Bertz CT molecular complexity index is 136. The van der Waals surface area contributed by atoms with Gasteiger partial charge in [-0.05, 0) is 53.2 Å². The summed E-state index contributed by atoms with van der Waals surface area (Å²) in [4.78, 5) is 2.33. The van der Waals surface area contributed by atoms with Gasteiger partial charge in [-0.2, -0.15) is 0 Å². The molecule has 0 heterocycles. The monoisotopic (exact) mass is 184 g/mol. The van der Waals surface area contributed by atoms with Gasteiger partial charge in [0.25, 0.3) is 0 Å². The van der Waals surface area contributed by atoms with E-state index in [9.17, 15) is 0 Å². The summed E-state index contributed by atoms with van der Waals surface area (Å²) in [5, 5.41) is 0. The zero-order valence-electron chi connectivity index (χ0n) is 9.34. The largest absolute Gasteiger partial charge is 0.326 e. The summed E-state index contributed by atoms with van der Waals surface area (Å²) >= 11 is 0. The van der Waals surface area contributed by atoms with Crippen LogP contribution in [0.25, 0.3) is 0 Å². The van der Waals surface area contributed by atoms with Crippen LogP contribution in [-0.2, 0) is 0 Å². The predicted molar refractivity (Wildman–Crippen MR) is 59.8 cm³/mol. The lowest BCUT2D eigenvalue weighted by molar-refractivity contribution is 0.293. The smallest absolute Gasteiger partial charge is 0.0109 e. The van der Waals surface area contributed by atoms with Gasteiger partial charge in [-0.15, -0.1) is 6.58 Å². The van der Waals surface area contributed by atoms with Crippen molar-refractivity contribution < 1.29 is 0 Å². The minimum absolute atomic E-state index is 0.0350. The number of nitrogens with zero attached hydrogens (tertiary/aromatic N) is 1. The number of hydrogen-bond acceptors (Lipinski definition) is 2. The topological polar surface area (TPSA) is 29.3 Å². The highest BCUT2D eigenvalue weighted by molar-refractivity contribution is 4.73. The van der Waals surface area contributed by atoms with Crippen molar-refractivity contribution >= 4 is 0 Å². The molecule has 0 aliphatic rings. The van der Waals surface area contributed by atoms with Gasteiger partial charge >= 0.3 is 0 Å². The van der Waals surface area contributed by atoms with Gasteiger partial charge in [0.05, 0.1) is 0 Å². The lowest BCUT2D eigenvalue weighted by atomic mass is 10.0. The van der Waals surface area contributed by atoms with Crippen molar-refractivity contribution in [2.45, 2.75) is 38.6 Å². The van der Waals surface area contributed by atoms with E-state index >= 15 is 0 Å². The van der Waals surface area contributed by atoms with Crippen LogP contribution in [0.5, 0.6) is 0 Å². The quantitative estimate of drug-likeness (QED) is 0.484. The molecular weight excluding hydrogens is 160 g/mol. The fraction of sp³-hybridized carbons (Fsp3) is 0.818. The molecule has 0 bridgehead atoms. The second-order valence-electron chi connectivity index (χ2n) is 4.47. The van der Waals surface area contributed by atoms with Crippen LogP contribution in [0.15, 0.2) is 12.7 Å². The molecule has 0 saturated carbocycles. The van der Waals surface area contributed by atoms with Crippen molar-refractivity contribution in [1.29, 1.82) is 0 Å². The van der Waals surface area contributed by atoms with E-state index < -0.39 is 0 Å². The first-order valence-corrected chi connectivity index (χ1v) is 5.04. The van der Waals surface area contributed by atoms with E-state index in [4.69, 9.17) is 5.73 Å². The third-order valence-electron chi connectivity index (χ3n) is 2.09. The van der Waals surface area contributed by atoms with Gasteiger partial charge in [0.1, 0.15) is 0 Å². The van der Waals surface area contributed by atoms with Gasteiger partial charge in [-0.25, -0.2) is 0 Å². The summed E-state index contributed by atoms with van der Waals surface area (Å²) in [6.45, 7) is 10.1. The average Bonchev–Trinajstić information content (AvgIpc) is 2.00. The molecule has 78 valence electrons. The van der Waals surface area contributed by atoms with Gasteiger partial charge in [0.15, 0.2) is 0 Å². The van der Waals surface area contributed by atoms with E-state index in [1.54, 1.807) is 0 Å². The molecule has 0 fully saturated rings. The third kappa shape index (κ3) is 9.57. The normalized spacial score (nSPS) is 12.1. The Labute approximate surface area is 82.8 Å². The van der Waals surface area contributed by atoms with Crippen LogP contribution in [0.1, 0.15) is 33.1 Å². The van der Waals surface area contributed by atoms with Crippen molar-refractivity contribution in [2.24, 2.45) is 5.73 Å². The highest BCUT2D eigenvalue weighted by Crippen LogP contribution is 2.04. The maximum atomic E-state index is 5.90. The predicted octanol–water partition coefficient (Wildman–Crippen LogP) is 2.01. The Balaban J connectivity index is 3.40. The van der Waals surface area contributed by atoms with Gasteiger partial charge in [0, 0.05) is 5.54 Å². The van der Waals surface area contributed by atoms with Gasteiger partial charge < -0.3 is 10.6 Å². The van der Waals surface area contributed by atoms with Crippen LogP contribution in [-0.4, -0.2) is 30.6 Å². The first-order valence-electron chi connectivity index (χ1n) is 5.04. The van der Waals surface area contributed by atoms with Gasteiger partial charge in [0.2, 0.25) is 0 Å². The zero-order valence-corrected chi connectivity index (χ0v) is 9.34. The average molecular weight is 184 g/mol. The van der Waals surface area contributed by atoms with Crippen molar-refractivity contribution in [1.82, 2.24) is 4.90 Å². The number of allylic oxidation sites excluding steroid dienone is 1. The Morgan fingerprint density at radius 2 is 2.00 bits per heavy atom. The summed E-state index contributed by atoms with van der Waals surface area (Å²) < 4.78 is 0. The third-order valence-corrected chi connectivity index (χ3v) is 2.09. The maximum absolute atomic E-state index is 5.90. The number of unbranched alkanes of at least 4 members (excludes halogenated alkanes) is 1. The Hall–Kier alpha value is -0.340. The zero-order chi connectivity index (χ0) is 10.3. The number of hydrogen-bond donors (Lipinski definition) is 1. The first kappa shape index (κ1) is 12.7. The van der Waals surface area contributed by atoms with E-state index in [-0.39, 0.29) is 5.54 Å².